The van der Waals surface area contributed by atoms with E-state index in [1.807, 2.05) is 12.1 Å². The van der Waals surface area contributed by atoms with Gasteiger partial charge in [0.25, 0.3) is 0 Å². The Labute approximate surface area is 152 Å². The van der Waals surface area contributed by atoms with Gasteiger partial charge < -0.3 is 4.90 Å². The van der Waals surface area contributed by atoms with E-state index in [1.54, 1.807) is 0 Å². The third kappa shape index (κ3) is 4.51. The van der Waals surface area contributed by atoms with Gasteiger partial charge in [-0.1, -0.05) is 23.7 Å². The molecule has 0 aliphatic carbocycles. The van der Waals surface area contributed by atoms with Gasteiger partial charge in [0, 0.05) is 25.3 Å². The fourth-order valence-electron chi connectivity index (χ4n) is 2.91. The van der Waals surface area contributed by atoms with Gasteiger partial charge in [0.05, 0.1) is 9.92 Å². The van der Waals surface area contributed by atoms with Crippen LogP contribution in [0.3, 0.4) is 0 Å². The average molecular weight is 383 g/mol. The first-order valence-electron chi connectivity index (χ1n) is 8.24. The van der Waals surface area contributed by atoms with Gasteiger partial charge in [-0.15, -0.1) is 0 Å². The molecule has 1 N–H and O–H groups in total. The number of rotatable bonds is 6. The number of nitrogens with zero attached hydrogens (tertiary/aromatic N) is 1. The molecule has 0 unspecified atom stereocenters. The lowest BCUT2D eigenvalue weighted by Crippen LogP contribution is -2.26. The average Bonchev–Trinajstić information content (AvgIpc) is 3.12. The van der Waals surface area contributed by atoms with E-state index in [0.29, 0.717) is 6.42 Å². The Kier molecular flexibility index (Phi) is 5.61. The Hall–Kier alpha value is -1.63. The molecule has 0 radical (unpaired) electrons. The first kappa shape index (κ1) is 18.2. The van der Waals surface area contributed by atoms with Crippen molar-refractivity contribution in [2.24, 2.45) is 0 Å². The largest absolute Gasteiger partial charge is 0.372 e. The molecular weight excluding hydrogens is 363 g/mol. The predicted molar refractivity (Wildman–Crippen MR) is 98.2 cm³/mol. The van der Waals surface area contributed by atoms with Crippen molar-refractivity contribution in [3.63, 3.8) is 0 Å². The van der Waals surface area contributed by atoms with Crippen LogP contribution < -0.4 is 9.62 Å². The number of nitrogens with one attached hydrogen (secondary N) is 1. The van der Waals surface area contributed by atoms with Crippen LogP contribution >= 0.6 is 11.6 Å². The number of halogens is 2. The summed E-state index contributed by atoms with van der Waals surface area (Å²) in [5, 5.41) is -0.208. The van der Waals surface area contributed by atoms with Crippen molar-refractivity contribution < 1.29 is 12.8 Å². The highest BCUT2D eigenvalue weighted by atomic mass is 35.5. The monoisotopic (exact) mass is 382 g/mol. The maximum absolute atomic E-state index is 13.2. The van der Waals surface area contributed by atoms with Gasteiger partial charge in [0.2, 0.25) is 10.0 Å². The molecule has 1 heterocycles. The molecule has 2 aromatic rings. The van der Waals surface area contributed by atoms with Crippen LogP contribution in [-0.2, 0) is 16.4 Å². The first-order chi connectivity index (χ1) is 12.0. The van der Waals surface area contributed by atoms with Gasteiger partial charge in [-0.2, -0.15) is 0 Å². The number of benzene rings is 2. The molecule has 7 heteroatoms. The van der Waals surface area contributed by atoms with Gasteiger partial charge in [-0.25, -0.2) is 17.5 Å². The lowest BCUT2D eigenvalue weighted by atomic mass is 10.1. The smallest absolute Gasteiger partial charge is 0.240 e. The van der Waals surface area contributed by atoms with Crippen LogP contribution in [0, 0.1) is 5.82 Å². The minimum absolute atomic E-state index is 0.0386. The molecule has 1 aliphatic heterocycles. The minimum Gasteiger partial charge on any atom is -0.372 e. The molecule has 0 bridgehead atoms. The van der Waals surface area contributed by atoms with Gasteiger partial charge in [-0.3, -0.25) is 0 Å². The van der Waals surface area contributed by atoms with E-state index < -0.39 is 15.8 Å². The zero-order chi connectivity index (χ0) is 17.9. The molecule has 3 rings (SSSR count). The van der Waals surface area contributed by atoms with Crippen LogP contribution in [0.15, 0.2) is 47.4 Å². The van der Waals surface area contributed by atoms with E-state index >= 15 is 0 Å². The third-order valence-electron chi connectivity index (χ3n) is 4.31. The molecule has 0 amide bonds. The van der Waals surface area contributed by atoms with Gasteiger partial charge >= 0.3 is 0 Å². The number of sulfonamides is 1. The van der Waals surface area contributed by atoms with E-state index in [9.17, 15) is 12.8 Å². The van der Waals surface area contributed by atoms with E-state index in [4.69, 9.17) is 11.6 Å². The molecule has 134 valence electrons. The van der Waals surface area contributed by atoms with Crippen molar-refractivity contribution in [3.8, 4) is 0 Å². The van der Waals surface area contributed by atoms with Crippen molar-refractivity contribution in [3.05, 3.63) is 58.9 Å². The normalized spacial score (nSPS) is 14.9. The van der Waals surface area contributed by atoms with Gasteiger partial charge in [0.15, 0.2) is 0 Å². The van der Waals surface area contributed by atoms with Crippen LogP contribution in [0.1, 0.15) is 18.4 Å². The van der Waals surface area contributed by atoms with Crippen molar-refractivity contribution in [1.29, 1.82) is 0 Å². The Balaban J connectivity index is 1.57. The molecule has 4 nitrogen and oxygen atoms in total. The first-order valence-corrected chi connectivity index (χ1v) is 10.1. The number of hydrogen-bond donors (Lipinski definition) is 1. The number of anilines is 1. The van der Waals surface area contributed by atoms with E-state index in [0.717, 1.165) is 30.8 Å². The molecule has 0 saturated carbocycles. The summed E-state index contributed by atoms with van der Waals surface area (Å²) in [5.74, 6) is -0.640. The van der Waals surface area contributed by atoms with Crippen molar-refractivity contribution >= 4 is 27.3 Å². The summed E-state index contributed by atoms with van der Waals surface area (Å²) in [6, 6.07) is 11.6. The van der Waals surface area contributed by atoms with Crippen molar-refractivity contribution in [2.45, 2.75) is 24.2 Å². The second-order valence-electron chi connectivity index (χ2n) is 6.08. The maximum Gasteiger partial charge on any atom is 0.240 e. The third-order valence-corrected chi connectivity index (χ3v) is 6.06. The summed E-state index contributed by atoms with van der Waals surface area (Å²) in [7, 11) is -3.70. The topological polar surface area (TPSA) is 49.4 Å². The fourth-order valence-corrected chi connectivity index (χ4v) is 4.21. The van der Waals surface area contributed by atoms with Crippen molar-refractivity contribution in [2.75, 3.05) is 24.5 Å². The summed E-state index contributed by atoms with van der Waals surface area (Å²) in [5.41, 5.74) is 2.27. The van der Waals surface area contributed by atoms with Crippen molar-refractivity contribution in [1.82, 2.24) is 4.72 Å². The Morgan fingerprint density at radius 1 is 1.08 bits per heavy atom. The second-order valence-corrected chi connectivity index (χ2v) is 8.26. The number of hydrogen-bond acceptors (Lipinski definition) is 3. The van der Waals surface area contributed by atoms with Crippen LogP contribution in [0.4, 0.5) is 10.1 Å². The SMILES string of the molecule is O=S(=O)(NCCc1ccc(N2CCCC2)cc1)c1ccc(F)c(Cl)c1. The van der Waals surface area contributed by atoms with Gasteiger partial charge in [0.1, 0.15) is 5.82 Å². The highest BCUT2D eigenvalue weighted by Gasteiger charge is 2.15. The van der Waals surface area contributed by atoms with Crippen LogP contribution in [0.5, 0.6) is 0 Å². The summed E-state index contributed by atoms with van der Waals surface area (Å²) in [6.45, 7) is 2.46. The van der Waals surface area contributed by atoms with Crippen LogP contribution in [0.25, 0.3) is 0 Å². The Bertz CT molecular complexity index is 835. The molecule has 0 aromatic heterocycles. The quantitative estimate of drug-likeness (QED) is 0.830. The lowest BCUT2D eigenvalue weighted by molar-refractivity contribution is 0.580. The second kappa shape index (κ2) is 7.72. The van der Waals surface area contributed by atoms with E-state index in [-0.39, 0.29) is 16.5 Å². The summed E-state index contributed by atoms with van der Waals surface area (Å²) in [4.78, 5) is 2.31. The maximum atomic E-state index is 13.2. The zero-order valence-corrected chi connectivity index (χ0v) is 15.3. The highest BCUT2D eigenvalue weighted by molar-refractivity contribution is 7.89. The van der Waals surface area contributed by atoms with Crippen LogP contribution in [-0.4, -0.2) is 28.1 Å². The highest BCUT2D eigenvalue weighted by Crippen LogP contribution is 2.21. The predicted octanol–water partition coefficient (Wildman–Crippen LogP) is 3.60. The Morgan fingerprint density at radius 2 is 1.76 bits per heavy atom. The molecule has 1 saturated heterocycles. The standard InChI is InChI=1S/C18H20ClFN2O2S/c19-17-13-16(7-8-18(17)20)25(23,24)21-10-9-14-3-5-15(6-4-14)22-11-1-2-12-22/h3-8,13,21H,1-2,9-12H2. The van der Waals surface area contributed by atoms with E-state index in [1.165, 1.54) is 24.6 Å². The molecule has 1 fully saturated rings. The summed E-state index contributed by atoms with van der Waals surface area (Å²) in [6.07, 6.45) is 3.04. The van der Waals surface area contributed by atoms with Crippen LogP contribution in [0.2, 0.25) is 5.02 Å². The zero-order valence-electron chi connectivity index (χ0n) is 13.7. The van der Waals surface area contributed by atoms with Gasteiger partial charge in [-0.05, 0) is 55.2 Å². The molecule has 0 atom stereocenters. The summed E-state index contributed by atoms with van der Waals surface area (Å²) < 4.78 is 40.1. The molecule has 25 heavy (non-hydrogen) atoms. The fraction of sp³-hybridized carbons (Fsp3) is 0.333. The molecule has 2 aromatic carbocycles. The molecule has 1 aliphatic rings. The Morgan fingerprint density at radius 3 is 2.40 bits per heavy atom. The summed E-state index contributed by atoms with van der Waals surface area (Å²) >= 11 is 5.65. The lowest BCUT2D eigenvalue weighted by Gasteiger charge is -2.17. The molecular formula is C18H20ClFN2O2S. The van der Waals surface area contributed by atoms with E-state index in [2.05, 4.69) is 21.8 Å². The minimum atomic E-state index is -3.70. The molecule has 0 spiro atoms.